The molecule has 0 aliphatic heterocycles. The molecule has 0 aliphatic rings. The zero-order chi connectivity index (χ0) is 12.7. The topological polar surface area (TPSA) is 81.4 Å². The molecule has 17 heavy (non-hydrogen) atoms. The number of carbonyl (C=O) groups is 2. The van der Waals surface area contributed by atoms with Gasteiger partial charge in [0.2, 0.25) is 5.91 Å². The number of hydrogen-bond acceptors (Lipinski definition) is 4. The maximum atomic E-state index is 11.3. The molecule has 0 bridgehead atoms. The molecular weight excluding hydrogens is 220 g/mol. The number of anilines is 1. The fourth-order valence-corrected chi connectivity index (χ4v) is 1.34. The van der Waals surface area contributed by atoms with Crippen molar-refractivity contribution >= 4 is 17.6 Å². The molecule has 1 amide bonds. The second-order valence-electron chi connectivity index (χ2n) is 3.47. The molecule has 0 fully saturated rings. The summed E-state index contributed by atoms with van der Waals surface area (Å²) in [4.78, 5) is 22.5. The normalized spacial score (nSPS) is 11.6. The first-order valence-corrected chi connectivity index (χ1v) is 5.40. The first-order chi connectivity index (χ1) is 8.13. The highest BCUT2D eigenvalue weighted by Crippen LogP contribution is 2.09. The van der Waals surface area contributed by atoms with Crippen molar-refractivity contribution in [3.8, 4) is 0 Å². The van der Waals surface area contributed by atoms with E-state index in [0.29, 0.717) is 0 Å². The van der Waals surface area contributed by atoms with Crippen molar-refractivity contribution in [1.29, 1.82) is 0 Å². The van der Waals surface area contributed by atoms with E-state index in [1.807, 2.05) is 18.2 Å². The average molecular weight is 236 g/mol. The van der Waals surface area contributed by atoms with Crippen LogP contribution in [0.2, 0.25) is 0 Å². The number of nitrogens with one attached hydrogen (secondary N) is 1. The van der Waals surface area contributed by atoms with Gasteiger partial charge in [0.05, 0.1) is 13.0 Å². The van der Waals surface area contributed by atoms with Crippen LogP contribution in [0, 0.1) is 0 Å². The smallest absolute Gasteiger partial charge is 0.308 e. The van der Waals surface area contributed by atoms with Crippen molar-refractivity contribution in [3.63, 3.8) is 0 Å². The Morgan fingerprint density at radius 1 is 1.35 bits per heavy atom. The van der Waals surface area contributed by atoms with Gasteiger partial charge in [0, 0.05) is 5.69 Å². The minimum absolute atomic E-state index is 0.0714. The number of nitrogens with two attached hydrogens (primary N) is 1. The Morgan fingerprint density at radius 3 is 2.53 bits per heavy atom. The van der Waals surface area contributed by atoms with Crippen LogP contribution in [0.4, 0.5) is 5.69 Å². The summed E-state index contributed by atoms with van der Waals surface area (Å²) in [6.45, 7) is 2.00. The Labute approximate surface area is 99.9 Å². The Kier molecular flexibility index (Phi) is 5.00. The van der Waals surface area contributed by atoms with Gasteiger partial charge in [-0.3, -0.25) is 9.59 Å². The van der Waals surface area contributed by atoms with Gasteiger partial charge >= 0.3 is 5.97 Å². The summed E-state index contributed by atoms with van der Waals surface area (Å²) >= 11 is 0. The van der Waals surface area contributed by atoms with Crippen molar-refractivity contribution in [2.24, 2.45) is 5.73 Å². The maximum absolute atomic E-state index is 11.3. The highest BCUT2D eigenvalue weighted by molar-refractivity contribution is 5.87. The SMILES string of the molecule is CCOC(=O)CC(Nc1ccccc1)C(N)=O. The number of para-hydroxylation sites is 1. The number of benzene rings is 1. The van der Waals surface area contributed by atoms with Crippen LogP contribution < -0.4 is 11.1 Å². The molecular formula is C12H16N2O3. The van der Waals surface area contributed by atoms with Crippen molar-refractivity contribution in [2.75, 3.05) is 11.9 Å². The molecule has 0 aliphatic carbocycles. The quantitative estimate of drug-likeness (QED) is 0.719. The molecule has 3 N–H and O–H groups in total. The van der Waals surface area contributed by atoms with Crippen molar-refractivity contribution < 1.29 is 14.3 Å². The van der Waals surface area contributed by atoms with E-state index in [0.717, 1.165) is 5.69 Å². The molecule has 0 saturated carbocycles. The first kappa shape index (κ1) is 13.0. The number of hydrogen-bond donors (Lipinski definition) is 2. The predicted octanol–water partition coefficient (Wildman–Crippen LogP) is 0.906. The minimum atomic E-state index is -0.753. The number of amides is 1. The number of ether oxygens (including phenoxy) is 1. The third kappa shape index (κ3) is 4.55. The highest BCUT2D eigenvalue weighted by Gasteiger charge is 2.19. The highest BCUT2D eigenvalue weighted by atomic mass is 16.5. The minimum Gasteiger partial charge on any atom is -0.466 e. The predicted molar refractivity (Wildman–Crippen MR) is 64.3 cm³/mol. The van der Waals surface area contributed by atoms with Gasteiger partial charge in [-0.2, -0.15) is 0 Å². The van der Waals surface area contributed by atoms with Gasteiger partial charge in [-0.15, -0.1) is 0 Å². The van der Waals surface area contributed by atoms with Crippen molar-refractivity contribution in [1.82, 2.24) is 0 Å². The fraction of sp³-hybridized carbons (Fsp3) is 0.333. The molecule has 5 nitrogen and oxygen atoms in total. The number of carbonyl (C=O) groups excluding carboxylic acids is 2. The number of rotatable bonds is 6. The van der Waals surface area contributed by atoms with E-state index >= 15 is 0 Å². The standard InChI is InChI=1S/C12H16N2O3/c1-2-17-11(15)8-10(12(13)16)14-9-6-4-3-5-7-9/h3-7,10,14H,2,8H2,1H3,(H2,13,16). The van der Waals surface area contributed by atoms with E-state index in [2.05, 4.69) is 5.32 Å². The second kappa shape index (κ2) is 6.52. The Hall–Kier alpha value is -2.04. The fourth-order valence-electron chi connectivity index (χ4n) is 1.34. The zero-order valence-electron chi connectivity index (χ0n) is 9.68. The lowest BCUT2D eigenvalue weighted by molar-refractivity contribution is -0.144. The Morgan fingerprint density at radius 2 is 2.00 bits per heavy atom. The summed E-state index contributed by atoms with van der Waals surface area (Å²) < 4.78 is 4.77. The molecule has 92 valence electrons. The molecule has 1 aromatic carbocycles. The molecule has 0 spiro atoms. The lowest BCUT2D eigenvalue weighted by Crippen LogP contribution is -2.37. The van der Waals surface area contributed by atoms with E-state index in [9.17, 15) is 9.59 Å². The van der Waals surface area contributed by atoms with Gasteiger partial charge in [0.15, 0.2) is 0 Å². The van der Waals surface area contributed by atoms with Crippen LogP contribution in [0.15, 0.2) is 30.3 Å². The lowest BCUT2D eigenvalue weighted by atomic mass is 10.2. The summed E-state index contributed by atoms with van der Waals surface area (Å²) in [6.07, 6.45) is -0.0714. The summed E-state index contributed by atoms with van der Waals surface area (Å²) in [5.41, 5.74) is 5.96. The van der Waals surface area contributed by atoms with E-state index < -0.39 is 17.9 Å². The van der Waals surface area contributed by atoms with Crippen LogP contribution in [0.5, 0.6) is 0 Å². The molecule has 0 heterocycles. The van der Waals surface area contributed by atoms with Crippen LogP contribution in [-0.2, 0) is 14.3 Å². The largest absolute Gasteiger partial charge is 0.466 e. The van der Waals surface area contributed by atoms with E-state index in [1.165, 1.54) is 0 Å². The van der Waals surface area contributed by atoms with Crippen LogP contribution in [0.1, 0.15) is 13.3 Å². The van der Waals surface area contributed by atoms with E-state index in [1.54, 1.807) is 19.1 Å². The second-order valence-corrected chi connectivity index (χ2v) is 3.47. The van der Waals surface area contributed by atoms with Crippen molar-refractivity contribution in [2.45, 2.75) is 19.4 Å². The van der Waals surface area contributed by atoms with Gasteiger partial charge in [-0.05, 0) is 19.1 Å². The molecule has 0 aromatic heterocycles. The molecule has 1 atom stereocenters. The third-order valence-electron chi connectivity index (χ3n) is 2.13. The molecule has 0 radical (unpaired) electrons. The van der Waals surface area contributed by atoms with Crippen LogP contribution in [0.25, 0.3) is 0 Å². The van der Waals surface area contributed by atoms with Gasteiger partial charge in [-0.1, -0.05) is 18.2 Å². The van der Waals surface area contributed by atoms with Crippen LogP contribution >= 0.6 is 0 Å². The number of primary amides is 1. The van der Waals surface area contributed by atoms with Gasteiger partial charge in [-0.25, -0.2) is 0 Å². The lowest BCUT2D eigenvalue weighted by Gasteiger charge is -2.15. The summed E-state index contributed by atoms with van der Waals surface area (Å²) in [5, 5.41) is 2.89. The Bertz CT molecular complexity index is 379. The molecule has 1 unspecified atom stereocenters. The van der Waals surface area contributed by atoms with Crippen molar-refractivity contribution in [3.05, 3.63) is 30.3 Å². The maximum Gasteiger partial charge on any atom is 0.308 e. The summed E-state index contributed by atoms with van der Waals surface area (Å²) in [5.74, 6) is -1.03. The van der Waals surface area contributed by atoms with Gasteiger partial charge in [0.1, 0.15) is 6.04 Å². The Balaban J connectivity index is 2.61. The molecule has 1 aromatic rings. The molecule has 5 heteroatoms. The monoisotopic (exact) mass is 236 g/mol. The van der Waals surface area contributed by atoms with Gasteiger partial charge < -0.3 is 15.8 Å². The average Bonchev–Trinajstić information content (AvgIpc) is 2.29. The summed E-state index contributed by atoms with van der Waals surface area (Å²) in [6, 6.07) is 8.34. The number of esters is 1. The summed E-state index contributed by atoms with van der Waals surface area (Å²) in [7, 11) is 0. The van der Waals surface area contributed by atoms with Crippen LogP contribution in [-0.4, -0.2) is 24.5 Å². The van der Waals surface area contributed by atoms with E-state index in [4.69, 9.17) is 10.5 Å². The molecule has 1 rings (SSSR count). The zero-order valence-corrected chi connectivity index (χ0v) is 9.68. The van der Waals surface area contributed by atoms with E-state index in [-0.39, 0.29) is 13.0 Å². The van der Waals surface area contributed by atoms with Crippen LogP contribution in [0.3, 0.4) is 0 Å². The first-order valence-electron chi connectivity index (χ1n) is 5.40. The third-order valence-corrected chi connectivity index (χ3v) is 2.13. The van der Waals surface area contributed by atoms with Gasteiger partial charge in [0.25, 0.3) is 0 Å². The molecule has 0 saturated heterocycles.